The summed E-state index contributed by atoms with van der Waals surface area (Å²) in [6.45, 7) is 2.59. The van der Waals surface area contributed by atoms with Crippen molar-refractivity contribution in [3.8, 4) is 0 Å². The molecule has 0 fully saturated rings. The van der Waals surface area contributed by atoms with E-state index in [0.29, 0.717) is 18.7 Å². The van der Waals surface area contributed by atoms with E-state index in [1.165, 1.54) is 21.7 Å². The van der Waals surface area contributed by atoms with Gasteiger partial charge in [-0.1, -0.05) is 37.3 Å². The van der Waals surface area contributed by atoms with Gasteiger partial charge in [-0.2, -0.15) is 4.31 Å². The molecule has 1 heterocycles. The molecule has 2 rings (SSSR count). The number of nitrogens with two attached hydrogens (primary N) is 1. The molecule has 112 valence electrons. The molecule has 7 heteroatoms. The van der Waals surface area contributed by atoms with Gasteiger partial charge < -0.3 is 5.73 Å². The van der Waals surface area contributed by atoms with Crippen molar-refractivity contribution >= 4 is 38.6 Å². The molecule has 0 aliphatic carbocycles. The highest BCUT2D eigenvalue weighted by molar-refractivity contribution is 7.89. The average molecular weight is 340 g/mol. The predicted octanol–water partition coefficient (Wildman–Crippen LogP) is 2.59. The Labute approximate surface area is 134 Å². The Kier molecular flexibility index (Phi) is 5.10. The number of benzene rings is 1. The van der Waals surface area contributed by atoms with Crippen molar-refractivity contribution in [3.05, 3.63) is 52.2 Å². The molecular weight excluding hydrogens is 324 g/mol. The minimum atomic E-state index is -3.56. The third-order valence-electron chi connectivity index (χ3n) is 3.02. The number of hydrogen-bond acceptors (Lipinski definition) is 4. The lowest BCUT2D eigenvalue weighted by molar-refractivity contribution is 0.426. The molecule has 0 spiro atoms. The van der Waals surface area contributed by atoms with Crippen molar-refractivity contribution < 1.29 is 8.42 Å². The van der Waals surface area contributed by atoms with Crippen molar-refractivity contribution in [1.29, 1.82) is 0 Å². The summed E-state index contributed by atoms with van der Waals surface area (Å²) in [5.74, 6) is 0. The summed E-state index contributed by atoms with van der Waals surface area (Å²) >= 11 is 6.44. The van der Waals surface area contributed by atoms with Crippen LogP contribution in [-0.4, -0.2) is 24.3 Å². The van der Waals surface area contributed by atoms with Crippen molar-refractivity contribution in [1.82, 2.24) is 4.31 Å². The summed E-state index contributed by atoms with van der Waals surface area (Å²) in [5, 5.41) is 1.93. The average Bonchev–Trinajstić information content (AvgIpc) is 2.97. The molecule has 1 aromatic carbocycles. The zero-order valence-corrected chi connectivity index (χ0v) is 14.0. The van der Waals surface area contributed by atoms with E-state index >= 15 is 0 Å². The number of rotatable bonds is 6. The van der Waals surface area contributed by atoms with Crippen molar-refractivity contribution in [2.75, 3.05) is 6.54 Å². The normalized spacial score (nSPS) is 11.7. The Balaban J connectivity index is 2.35. The monoisotopic (exact) mass is 340 g/mol. The van der Waals surface area contributed by atoms with E-state index in [1.54, 1.807) is 18.2 Å². The highest BCUT2D eigenvalue weighted by atomic mass is 32.2. The van der Waals surface area contributed by atoms with Crippen molar-refractivity contribution in [2.24, 2.45) is 5.73 Å². The van der Waals surface area contributed by atoms with Crippen LogP contribution in [0.2, 0.25) is 0 Å². The second kappa shape index (κ2) is 6.65. The highest BCUT2D eigenvalue weighted by Crippen LogP contribution is 2.21. The molecule has 0 unspecified atom stereocenters. The summed E-state index contributed by atoms with van der Waals surface area (Å²) in [7, 11) is -3.56. The maximum absolute atomic E-state index is 12.7. The van der Waals surface area contributed by atoms with Crippen LogP contribution in [0.3, 0.4) is 0 Å². The van der Waals surface area contributed by atoms with Gasteiger partial charge in [0.05, 0.1) is 4.90 Å². The second-order valence-corrected chi connectivity index (χ2v) is 7.81. The van der Waals surface area contributed by atoms with Gasteiger partial charge in [-0.15, -0.1) is 11.3 Å². The van der Waals surface area contributed by atoms with Gasteiger partial charge in [0.25, 0.3) is 0 Å². The molecule has 2 aromatic rings. The van der Waals surface area contributed by atoms with E-state index in [1.807, 2.05) is 24.4 Å². The minimum absolute atomic E-state index is 0.188. The Bertz CT molecular complexity index is 724. The highest BCUT2D eigenvalue weighted by Gasteiger charge is 2.23. The smallest absolute Gasteiger partial charge is 0.243 e. The first-order valence-electron chi connectivity index (χ1n) is 6.37. The fraction of sp³-hybridized carbons (Fsp3) is 0.214. The molecular formula is C14H16N2O2S3. The van der Waals surface area contributed by atoms with Crippen LogP contribution in [0.5, 0.6) is 0 Å². The van der Waals surface area contributed by atoms with Crippen molar-refractivity contribution in [3.63, 3.8) is 0 Å². The van der Waals surface area contributed by atoms with E-state index in [0.717, 1.165) is 4.88 Å². The molecule has 0 saturated heterocycles. The summed E-state index contributed by atoms with van der Waals surface area (Å²) in [6, 6.07) is 10.3. The zero-order chi connectivity index (χ0) is 15.5. The van der Waals surface area contributed by atoms with Gasteiger partial charge in [0, 0.05) is 23.5 Å². The molecule has 2 N–H and O–H groups in total. The Hall–Kier alpha value is -1.28. The summed E-state index contributed by atoms with van der Waals surface area (Å²) in [5.41, 5.74) is 6.12. The van der Waals surface area contributed by atoms with E-state index in [9.17, 15) is 8.42 Å². The van der Waals surface area contributed by atoms with Crippen LogP contribution in [-0.2, 0) is 16.6 Å². The van der Waals surface area contributed by atoms with Gasteiger partial charge in [-0.3, -0.25) is 0 Å². The van der Waals surface area contributed by atoms with Gasteiger partial charge in [-0.05, 0) is 23.6 Å². The first-order valence-corrected chi connectivity index (χ1v) is 9.10. The van der Waals surface area contributed by atoms with Gasteiger partial charge in [0.2, 0.25) is 10.0 Å². The van der Waals surface area contributed by atoms with Crippen LogP contribution in [0.15, 0.2) is 46.7 Å². The molecule has 0 atom stereocenters. The lowest BCUT2D eigenvalue weighted by Gasteiger charge is -2.20. The lowest BCUT2D eigenvalue weighted by Crippen LogP contribution is -2.30. The maximum Gasteiger partial charge on any atom is 0.243 e. The molecule has 21 heavy (non-hydrogen) atoms. The Morgan fingerprint density at radius 1 is 1.33 bits per heavy atom. The fourth-order valence-corrected chi connectivity index (χ4v) is 4.30. The maximum atomic E-state index is 12.7. The van der Waals surface area contributed by atoms with Gasteiger partial charge in [-0.25, -0.2) is 8.42 Å². The SMILES string of the molecule is CCN(Cc1cccs1)S(=O)(=O)c1cccc(C(N)=S)c1. The van der Waals surface area contributed by atoms with Gasteiger partial charge in [0.1, 0.15) is 4.99 Å². The summed E-state index contributed by atoms with van der Waals surface area (Å²) < 4.78 is 26.9. The predicted molar refractivity (Wildman–Crippen MR) is 89.9 cm³/mol. The van der Waals surface area contributed by atoms with Crippen molar-refractivity contribution in [2.45, 2.75) is 18.4 Å². The summed E-state index contributed by atoms with van der Waals surface area (Å²) in [6.07, 6.45) is 0. The molecule has 0 saturated carbocycles. The van der Waals surface area contributed by atoms with E-state index < -0.39 is 10.0 Å². The van der Waals surface area contributed by atoms with Crippen LogP contribution in [0.4, 0.5) is 0 Å². The van der Waals surface area contributed by atoms with Gasteiger partial charge in [0.15, 0.2) is 0 Å². The van der Waals surface area contributed by atoms with Crippen LogP contribution in [0, 0.1) is 0 Å². The standard InChI is InChI=1S/C14H16N2O2S3/c1-2-16(10-12-6-4-8-20-12)21(17,18)13-7-3-5-11(9-13)14(15)19/h3-9H,2,10H2,1H3,(H2,15,19). The minimum Gasteiger partial charge on any atom is -0.389 e. The molecule has 0 aliphatic rings. The van der Waals surface area contributed by atoms with E-state index in [4.69, 9.17) is 18.0 Å². The third kappa shape index (κ3) is 3.68. The molecule has 0 radical (unpaired) electrons. The number of thiocarbonyl (C=S) groups is 1. The van der Waals surface area contributed by atoms with Crippen LogP contribution >= 0.6 is 23.6 Å². The molecule has 0 bridgehead atoms. The van der Waals surface area contributed by atoms with Crippen LogP contribution in [0.25, 0.3) is 0 Å². The van der Waals surface area contributed by atoms with E-state index in [-0.39, 0.29) is 9.88 Å². The number of thiophene rings is 1. The largest absolute Gasteiger partial charge is 0.389 e. The molecule has 0 amide bonds. The van der Waals surface area contributed by atoms with Crippen LogP contribution in [0.1, 0.15) is 17.4 Å². The second-order valence-electron chi connectivity index (χ2n) is 4.40. The zero-order valence-electron chi connectivity index (χ0n) is 11.5. The van der Waals surface area contributed by atoms with Gasteiger partial charge >= 0.3 is 0 Å². The quantitative estimate of drug-likeness (QED) is 0.821. The topological polar surface area (TPSA) is 63.4 Å². The first kappa shape index (κ1) is 16.1. The van der Waals surface area contributed by atoms with Crippen LogP contribution < -0.4 is 5.73 Å². The molecule has 4 nitrogen and oxygen atoms in total. The van der Waals surface area contributed by atoms with E-state index in [2.05, 4.69) is 0 Å². The number of sulfonamides is 1. The molecule has 0 aliphatic heterocycles. The number of hydrogen-bond donors (Lipinski definition) is 1. The first-order chi connectivity index (χ1) is 9.95. The third-order valence-corrected chi connectivity index (χ3v) is 6.03. The fourth-order valence-electron chi connectivity index (χ4n) is 1.90. The lowest BCUT2D eigenvalue weighted by atomic mass is 10.2. The molecule has 1 aromatic heterocycles. The summed E-state index contributed by atoms with van der Waals surface area (Å²) in [4.78, 5) is 1.41. The number of nitrogens with zero attached hydrogens (tertiary/aromatic N) is 1. The Morgan fingerprint density at radius 3 is 2.67 bits per heavy atom. The Morgan fingerprint density at radius 2 is 2.10 bits per heavy atom.